The number of hydrogen-bond donors (Lipinski definition) is 2. The predicted molar refractivity (Wildman–Crippen MR) is 72.3 cm³/mol. The van der Waals surface area contributed by atoms with Gasteiger partial charge in [0.25, 0.3) is 5.91 Å². The Labute approximate surface area is 116 Å². The van der Waals surface area contributed by atoms with Crippen molar-refractivity contribution in [1.82, 2.24) is 4.98 Å². The van der Waals surface area contributed by atoms with E-state index < -0.39 is 5.97 Å². The van der Waals surface area contributed by atoms with Crippen LogP contribution < -0.4 is 10.1 Å². The molecule has 0 atom stereocenters. The molecule has 0 radical (unpaired) electrons. The minimum Gasteiger partial charge on any atom is -0.482 e. The minimum absolute atomic E-state index is 0.0814. The van der Waals surface area contributed by atoms with E-state index in [0.717, 1.165) is 17.0 Å². The standard InChI is InChI=1S/C11H10N2O4S2/c1-6-5-19-11(12-6)13-8(14)4-17-7-2-3-18-9(7)10(15)16/h2-3,5H,4H2,1H3,(H,15,16)(H,12,13,14). The number of anilines is 1. The number of ether oxygens (including phenoxy) is 1. The number of carbonyl (C=O) groups is 2. The predicted octanol–water partition coefficient (Wildman–Crippen LogP) is 2.23. The zero-order valence-corrected chi connectivity index (χ0v) is 11.5. The molecule has 2 heterocycles. The van der Waals surface area contributed by atoms with Gasteiger partial charge in [0.2, 0.25) is 0 Å². The monoisotopic (exact) mass is 298 g/mol. The maximum atomic E-state index is 11.6. The van der Waals surface area contributed by atoms with Gasteiger partial charge in [0.1, 0.15) is 5.75 Å². The van der Waals surface area contributed by atoms with Gasteiger partial charge in [0, 0.05) is 5.38 Å². The number of aromatic nitrogens is 1. The molecule has 2 aromatic rings. The van der Waals surface area contributed by atoms with Crippen molar-refractivity contribution < 1.29 is 19.4 Å². The van der Waals surface area contributed by atoms with E-state index in [1.165, 1.54) is 17.4 Å². The topological polar surface area (TPSA) is 88.5 Å². The summed E-state index contributed by atoms with van der Waals surface area (Å²) >= 11 is 2.37. The SMILES string of the molecule is Cc1csc(NC(=O)COc2ccsc2C(=O)O)n1. The molecule has 0 aliphatic rings. The Bertz CT molecular complexity index is 605. The van der Waals surface area contributed by atoms with Crippen molar-refractivity contribution in [3.8, 4) is 5.75 Å². The molecule has 0 aliphatic heterocycles. The fourth-order valence-corrected chi connectivity index (χ4v) is 2.65. The van der Waals surface area contributed by atoms with Gasteiger partial charge in [-0.05, 0) is 18.4 Å². The number of carboxylic acid groups (broad SMARTS) is 1. The number of carboxylic acids is 1. The molecule has 0 aliphatic carbocycles. The molecule has 2 aromatic heterocycles. The molecule has 0 unspecified atom stereocenters. The van der Waals surface area contributed by atoms with Gasteiger partial charge < -0.3 is 9.84 Å². The molecule has 0 bridgehead atoms. The molecule has 19 heavy (non-hydrogen) atoms. The summed E-state index contributed by atoms with van der Waals surface area (Å²) in [4.78, 5) is 26.6. The lowest BCUT2D eigenvalue weighted by Gasteiger charge is -2.04. The van der Waals surface area contributed by atoms with E-state index in [4.69, 9.17) is 9.84 Å². The molecule has 0 saturated carbocycles. The molecular weight excluding hydrogens is 288 g/mol. The number of amides is 1. The molecule has 0 saturated heterocycles. The highest BCUT2D eigenvalue weighted by molar-refractivity contribution is 7.14. The largest absolute Gasteiger partial charge is 0.482 e. The lowest BCUT2D eigenvalue weighted by molar-refractivity contribution is -0.118. The summed E-state index contributed by atoms with van der Waals surface area (Å²) in [5.41, 5.74) is 0.826. The van der Waals surface area contributed by atoms with E-state index in [-0.39, 0.29) is 23.1 Å². The van der Waals surface area contributed by atoms with Gasteiger partial charge in [-0.2, -0.15) is 0 Å². The first-order chi connectivity index (χ1) is 9.06. The maximum absolute atomic E-state index is 11.6. The normalized spacial score (nSPS) is 10.2. The summed E-state index contributed by atoms with van der Waals surface area (Å²) in [7, 11) is 0. The van der Waals surface area contributed by atoms with Crippen molar-refractivity contribution in [1.29, 1.82) is 0 Å². The molecule has 0 fully saturated rings. The molecule has 2 rings (SSSR count). The quantitative estimate of drug-likeness (QED) is 0.883. The van der Waals surface area contributed by atoms with Gasteiger partial charge in [-0.25, -0.2) is 9.78 Å². The molecule has 6 nitrogen and oxygen atoms in total. The summed E-state index contributed by atoms with van der Waals surface area (Å²) in [5.74, 6) is -1.25. The van der Waals surface area contributed by atoms with E-state index in [1.807, 2.05) is 12.3 Å². The summed E-state index contributed by atoms with van der Waals surface area (Å²) in [6.07, 6.45) is 0. The van der Waals surface area contributed by atoms with E-state index >= 15 is 0 Å². The number of thiophene rings is 1. The van der Waals surface area contributed by atoms with Crippen LogP contribution in [0.2, 0.25) is 0 Å². The first kappa shape index (κ1) is 13.5. The second kappa shape index (κ2) is 5.81. The highest BCUT2D eigenvalue weighted by Crippen LogP contribution is 2.24. The van der Waals surface area contributed by atoms with Crippen molar-refractivity contribution >= 4 is 39.7 Å². The molecule has 1 amide bonds. The summed E-state index contributed by atoms with van der Waals surface area (Å²) in [6, 6.07) is 1.52. The van der Waals surface area contributed by atoms with Crippen LogP contribution in [-0.4, -0.2) is 28.6 Å². The van der Waals surface area contributed by atoms with Gasteiger partial charge in [0.05, 0.1) is 5.69 Å². The van der Waals surface area contributed by atoms with Crippen LogP contribution in [0, 0.1) is 6.92 Å². The van der Waals surface area contributed by atoms with Gasteiger partial charge in [-0.1, -0.05) is 0 Å². The fraction of sp³-hybridized carbons (Fsp3) is 0.182. The number of rotatable bonds is 5. The Hall–Kier alpha value is -1.93. The van der Waals surface area contributed by atoms with Crippen molar-refractivity contribution in [3.63, 3.8) is 0 Å². The summed E-state index contributed by atoms with van der Waals surface area (Å²) < 4.78 is 5.17. The van der Waals surface area contributed by atoms with Crippen LogP contribution in [0.25, 0.3) is 0 Å². The third-order valence-corrected chi connectivity index (χ3v) is 3.81. The highest BCUT2D eigenvalue weighted by atomic mass is 32.1. The second-order valence-electron chi connectivity index (χ2n) is 3.55. The molecular formula is C11H10N2O4S2. The zero-order chi connectivity index (χ0) is 13.8. The van der Waals surface area contributed by atoms with Gasteiger partial charge >= 0.3 is 5.97 Å². The third kappa shape index (κ3) is 3.52. The van der Waals surface area contributed by atoms with Crippen LogP contribution in [0.3, 0.4) is 0 Å². The number of thiazole rings is 1. The first-order valence-electron chi connectivity index (χ1n) is 5.22. The lowest BCUT2D eigenvalue weighted by Crippen LogP contribution is -2.20. The Morgan fingerprint density at radius 3 is 2.89 bits per heavy atom. The number of hydrogen-bond acceptors (Lipinski definition) is 6. The van der Waals surface area contributed by atoms with Crippen LogP contribution in [0.15, 0.2) is 16.8 Å². The number of aromatic carboxylic acids is 1. The number of nitrogens with zero attached hydrogens (tertiary/aromatic N) is 1. The molecule has 100 valence electrons. The molecule has 0 spiro atoms. The number of nitrogens with one attached hydrogen (secondary N) is 1. The molecule has 8 heteroatoms. The Balaban J connectivity index is 1.90. The average molecular weight is 298 g/mol. The zero-order valence-electron chi connectivity index (χ0n) is 9.87. The smallest absolute Gasteiger partial charge is 0.349 e. The van der Waals surface area contributed by atoms with E-state index in [9.17, 15) is 9.59 Å². The van der Waals surface area contributed by atoms with E-state index in [0.29, 0.717) is 5.13 Å². The van der Waals surface area contributed by atoms with Crippen LogP contribution in [0.4, 0.5) is 5.13 Å². The van der Waals surface area contributed by atoms with E-state index in [1.54, 1.807) is 5.38 Å². The lowest BCUT2D eigenvalue weighted by atomic mass is 10.4. The third-order valence-electron chi connectivity index (χ3n) is 2.05. The van der Waals surface area contributed by atoms with Crippen molar-refractivity contribution in [2.75, 3.05) is 11.9 Å². The minimum atomic E-state index is -1.07. The number of aryl methyl sites for hydroxylation is 1. The fourth-order valence-electron chi connectivity index (χ4n) is 1.28. The van der Waals surface area contributed by atoms with Crippen molar-refractivity contribution in [3.05, 3.63) is 27.4 Å². The van der Waals surface area contributed by atoms with Gasteiger partial charge in [0.15, 0.2) is 16.6 Å². The summed E-state index contributed by atoms with van der Waals surface area (Å²) in [6.45, 7) is 1.57. The Morgan fingerprint density at radius 2 is 2.26 bits per heavy atom. The Morgan fingerprint density at radius 1 is 1.47 bits per heavy atom. The first-order valence-corrected chi connectivity index (χ1v) is 6.98. The van der Waals surface area contributed by atoms with Gasteiger partial charge in [-0.15, -0.1) is 22.7 Å². The maximum Gasteiger partial charge on any atom is 0.349 e. The molecule has 2 N–H and O–H groups in total. The van der Waals surface area contributed by atoms with E-state index in [2.05, 4.69) is 10.3 Å². The van der Waals surface area contributed by atoms with Crippen LogP contribution >= 0.6 is 22.7 Å². The molecule has 0 aromatic carbocycles. The van der Waals surface area contributed by atoms with Gasteiger partial charge in [-0.3, -0.25) is 10.1 Å². The number of carbonyl (C=O) groups excluding carboxylic acids is 1. The summed E-state index contributed by atoms with van der Waals surface area (Å²) in [5, 5.41) is 15.4. The van der Waals surface area contributed by atoms with Crippen LogP contribution in [-0.2, 0) is 4.79 Å². The van der Waals surface area contributed by atoms with Crippen LogP contribution in [0.5, 0.6) is 5.75 Å². The average Bonchev–Trinajstić information content (AvgIpc) is 2.95. The second-order valence-corrected chi connectivity index (χ2v) is 5.32. The van der Waals surface area contributed by atoms with Crippen molar-refractivity contribution in [2.45, 2.75) is 6.92 Å². The van der Waals surface area contributed by atoms with Crippen LogP contribution in [0.1, 0.15) is 15.4 Å². The highest BCUT2D eigenvalue weighted by Gasteiger charge is 2.14. The Kier molecular flexibility index (Phi) is 4.13. The van der Waals surface area contributed by atoms with Crippen molar-refractivity contribution in [2.24, 2.45) is 0 Å².